The Morgan fingerprint density at radius 2 is 2.10 bits per heavy atom. The first-order valence-electron chi connectivity index (χ1n) is 10.0. The van der Waals surface area contributed by atoms with Crippen molar-refractivity contribution in [3.63, 3.8) is 0 Å². The summed E-state index contributed by atoms with van der Waals surface area (Å²) in [6, 6.07) is 9.97. The SMILES string of the molecule is C=CC(=O)N1Cc2sc(Cl)cc2C(c2ccccc2-c2cnn(CC)c2C(=O)NC)C1. The molecule has 3 aromatic rings. The molecule has 3 heterocycles. The van der Waals surface area contributed by atoms with Crippen LogP contribution in [0.15, 0.2) is 49.2 Å². The topological polar surface area (TPSA) is 67.2 Å². The van der Waals surface area contributed by atoms with Crippen molar-refractivity contribution in [3.8, 4) is 11.1 Å². The normalized spacial score (nSPS) is 15.5. The molecule has 1 aromatic carbocycles. The number of aryl methyl sites for hydroxylation is 1. The number of thiophene rings is 1. The van der Waals surface area contributed by atoms with Gasteiger partial charge in [-0.2, -0.15) is 5.10 Å². The van der Waals surface area contributed by atoms with Crippen molar-refractivity contribution in [1.29, 1.82) is 0 Å². The first-order valence-corrected chi connectivity index (χ1v) is 11.2. The Balaban J connectivity index is 1.88. The van der Waals surface area contributed by atoms with Crippen molar-refractivity contribution < 1.29 is 9.59 Å². The molecule has 1 aliphatic heterocycles. The van der Waals surface area contributed by atoms with E-state index in [0.717, 1.165) is 27.1 Å². The van der Waals surface area contributed by atoms with Crippen LogP contribution in [0.25, 0.3) is 11.1 Å². The van der Waals surface area contributed by atoms with E-state index in [1.54, 1.807) is 22.8 Å². The summed E-state index contributed by atoms with van der Waals surface area (Å²) < 4.78 is 2.40. The van der Waals surface area contributed by atoms with Gasteiger partial charge in [0, 0.05) is 36.5 Å². The number of hydrogen-bond acceptors (Lipinski definition) is 4. The van der Waals surface area contributed by atoms with Gasteiger partial charge in [0.2, 0.25) is 5.91 Å². The van der Waals surface area contributed by atoms with Gasteiger partial charge in [0.25, 0.3) is 5.91 Å². The van der Waals surface area contributed by atoms with Crippen LogP contribution in [0.4, 0.5) is 0 Å². The molecule has 31 heavy (non-hydrogen) atoms. The second-order valence-corrected chi connectivity index (χ2v) is 9.06. The van der Waals surface area contributed by atoms with Gasteiger partial charge in [-0.1, -0.05) is 42.4 Å². The molecule has 2 aromatic heterocycles. The first kappa shape index (κ1) is 21.3. The number of rotatable bonds is 5. The summed E-state index contributed by atoms with van der Waals surface area (Å²) in [6.07, 6.45) is 3.09. The highest BCUT2D eigenvalue weighted by molar-refractivity contribution is 7.16. The molecule has 0 bridgehead atoms. The lowest BCUT2D eigenvalue weighted by Gasteiger charge is -2.33. The van der Waals surface area contributed by atoms with E-state index in [4.69, 9.17) is 11.6 Å². The number of carbonyl (C=O) groups is 2. The van der Waals surface area contributed by atoms with E-state index < -0.39 is 0 Å². The number of nitrogens with one attached hydrogen (secondary N) is 1. The molecular weight excluding hydrogens is 432 g/mol. The van der Waals surface area contributed by atoms with E-state index in [1.807, 2.05) is 37.3 Å². The second kappa shape index (κ2) is 8.69. The Morgan fingerprint density at radius 3 is 2.81 bits per heavy atom. The van der Waals surface area contributed by atoms with Gasteiger partial charge in [0.05, 0.1) is 17.1 Å². The van der Waals surface area contributed by atoms with Gasteiger partial charge in [-0.25, -0.2) is 0 Å². The average Bonchev–Trinajstić information content (AvgIpc) is 3.39. The number of amides is 2. The summed E-state index contributed by atoms with van der Waals surface area (Å²) in [6.45, 7) is 7.21. The third kappa shape index (κ3) is 3.79. The van der Waals surface area contributed by atoms with Gasteiger partial charge in [0.15, 0.2) is 0 Å². The van der Waals surface area contributed by atoms with Crippen molar-refractivity contribution >= 4 is 34.8 Å². The minimum absolute atomic E-state index is 0.0740. The minimum atomic E-state index is -0.185. The van der Waals surface area contributed by atoms with Gasteiger partial charge >= 0.3 is 0 Å². The second-order valence-electron chi connectivity index (χ2n) is 7.29. The van der Waals surface area contributed by atoms with E-state index in [2.05, 4.69) is 17.0 Å². The lowest BCUT2D eigenvalue weighted by Crippen LogP contribution is -2.37. The predicted molar refractivity (Wildman–Crippen MR) is 124 cm³/mol. The number of fused-ring (bicyclic) bond motifs is 1. The average molecular weight is 455 g/mol. The Morgan fingerprint density at radius 1 is 1.32 bits per heavy atom. The number of benzene rings is 1. The van der Waals surface area contributed by atoms with Crippen LogP contribution in [0.1, 0.15) is 39.3 Å². The molecule has 4 rings (SSSR count). The number of nitrogens with zero attached hydrogens (tertiary/aromatic N) is 3. The molecule has 160 valence electrons. The van der Waals surface area contributed by atoms with Crippen molar-refractivity contribution in [2.75, 3.05) is 13.6 Å². The van der Waals surface area contributed by atoms with Crippen LogP contribution in [0.2, 0.25) is 4.34 Å². The van der Waals surface area contributed by atoms with Crippen LogP contribution in [-0.4, -0.2) is 40.1 Å². The van der Waals surface area contributed by atoms with Gasteiger partial charge < -0.3 is 10.2 Å². The van der Waals surface area contributed by atoms with E-state index in [0.29, 0.717) is 29.7 Å². The van der Waals surface area contributed by atoms with Crippen molar-refractivity contribution in [2.24, 2.45) is 0 Å². The van der Waals surface area contributed by atoms with Crippen molar-refractivity contribution in [2.45, 2.75) is 25.9 Å². The Hall–Kier alpha value is -2.90. The minimum Gasteiger partial charge on any atom is -0.354 e. The third-order valence-electron chi connectivity index (χ3n) is 5.62. The molecule has 0 saturated heterocycles. The third-order valence-corrected chi connectivity index (χ3v) is 6.88. The van der Waals surface area contributed by atoms with E-state index in [1.165, 1.54) is 17.4 Å². The molecule has 0 fully saturated rings. The number of carbonyl (C=O) groups excluding carboxylic acids is 2. The van der Waals surface area contributed by atoms with Crippen LogP contribution in [-0.2, 0) is 17.9 Å². The van der Waals surface area contributed by atoms with Gasteiger partial charge in [-0.15, -0.1) is 11.3 Å². The molecular formula is C23H23ClN4O2S. The molecule has 2 amide bonds. The van der Waals surface area contributed by atoms with Crippen LogP contribution >= 0.6 is 22.9 Å². The summed E-state index contributed by atoms with van der Waals surface area (Å²) in [7, 11) is 1.62. The Bertz CT molecular complexity index is 1170. The fraction of sp³-hybridized carbons (Fsp3) is 0.261. The lowest BCUT2D eigenvalue weighted by molar-refractivity contribution is -0.127. The number of hydrogen-bond donors (Lipinski definition) is 1. The fourth-order valence-corrected chi connectivity index (χ4v) is 5.53. The summed E-state index contributed by atoms with van der Waals surface area (Å²) in [5.41, 5.74) is 4.37. The molecule has 1 unspecified atom stereocenters. The van der Waals surface area contributed by atoms with E-state index in [9.17, 15) is 9.59 Å². The van der Waals surface area contributed by atoms with Crippen LogP contribution in [0.3, 0.4) is 0 Å². The largest absolute Gasteiger partial charge is 0.354 e. The lowest BCUT2D eigenvalue weighted by atomic mass is 9.84. The molecule has 1 atom stereocenters. The molecule has 0 aliphatic carbocycles. The van der Waals surface area contributed by atoms with E-state index in [-0.39, 0.29) is 17.7 Å². The van der Waals surface area contributed by atoms with Crippen LogP contribution in [0, 0.1) is 0 Å². The summed E-state index contributed by atoms with van der Waals surface area (Å²) in [4.78, 5) is 28.0. The highest BCUT2D eigenvalue weighted by Gasteiger charge is 2.32. The number of aromatic nitrogens is 2. The molecule has 1 N–H and O–H groups in total. The quantitative estimate of drug-likeness (QED) is 0.584. The highest BCUT2D eigenvalue weighted by atomic mass is 35.5. The Labute approximate surface area is 190 Å². The van der Waals surface area contributed by atoms with E-state index >= 15 is 0 Å². The molecule has 0 spiro atoms. The summed E-state index contributed by atoms with van der Waals surface area (Å²) >= 11 is 7.86. The van der Waals surface area contributed by atoms with Crippen LogP contribution in [0.5, 0.6) is 0 Å². The molecule has 1 aliphatic rings. The highest BCUT2D eigenvalue weighted by Crippen LogP contribution is 2.43. The zero-order chi connectivity index (χ0) is 22.1. The maximum Gasteiger partial charge on any atom is 0.269 e. The van der Waals surface area contributed by atoms with Crippen LogP contribution < -0.4 is 5.32 Å². The molecule has 8 heteroatoms. The number of halogens is 1. The zero-order valence-corrected chi connectivity index (χ0v) is 19.0. The summed E-state index contributed by atoms with van der Waals surface area (Å²) in [5.74, 6) is -0.367. The van der Waals surface area contributed by atoms with Crippen molar-refractivity contribution in [3.05, 3.63) is 75.2 Å². The fourth-order valence-electron chi connectivity index (χ4n) is 4.17. The standard InChI is InChI=1S/C23H23ClN4O2S/c1-4-21(29)27-12-18(16-10-20(24)31-19(16)13-27)15-9-7-6-8-14(15)17-11-26-28(5-2)22(17)23(30)25-3/h4,6-11,18H,1,5,12-13H2,2-3H3,(H,25,30). The maximum absolute atomic E-state index is 12.7. The smallest absolute Gasteiger partial charge is 0.269 e. The molecule has 0 radical (unpaired) electrons. The molecule has 0 saturated carbocycles. The van der Waals surface area contributed by atoms with Gasteiger partial charge in [-0.3, -0.25) is 14.3 Å². The maximum atomic E-state index is 12.7. The van der Waals surface area contributed by atoms with Gasteiger partial charge in [0.1, 0.15) is 5.69 Å². The van der Waals surface area contributed by atoms with Crippen molar-refractivity contribution in [1.82, 2.24) is 20.0 Å². The molecule has 6 nitrogen and oxygen atoms in total. The summed E-state index contributed by atoms with van der Waals surface area (Å²) in [5, 5.41) is 7.15. The predicted octanol–water partition coefficient (Wildman–Crippen LogP) is 4.30. The monoisotopic (exact) mass is 454 g/mol. The van der Waals surface area contributed by atoms with Gasteiger partial charge in [-0.05, 0) is 35.8 Å². The zero-order valence-electron chi connectivity index (χ0n) is 17.4. The Kier molecular flexibility index (Phi) is 5.98. The first-order chi connectivity index (χ1) is 15.0.